The smallest absolute Gasteiger partial charge is 0.191 e. The van der Waals surface area contributed by atoms with E-state index >= 15 is 0 Å². The Kier molecular flexibility index (Phi) is 7.11. The zero-order chi connectivity index (χ0) is 17.3. The van der Waals surface area contributed by atoms with E-state index in [0.717, 1.165) is 51.5 Å². The first-order chi connectivity index (χ1) is 12.3. The van der Waals surface area contributed by atoms with Gasteiger partial charge in [-0.05, 0) is 31.2 Å². The van der Waals surface area contributed by atoms with Crippen LogP contribution in [0.5, 0.6) is 0 Å². The van der Waals surface area contributed by atoms with Crippen molar-refractivity contribution in [3.8, 4) is 0 Å². The van der Waals surface area contributed by atoms with Crippen molar-refractivity contribution in [3.63, 3.8) is 0 Å². The van der Waals surface area contributed by atoms with Crippen LogP contribution in [0.3, 0.4) is 0 Å². The molecule has 2 aromatic heterocycles. The van der Waals surface area contributed by atoms with E-state index in [0.29, 0.717) is 0 Å². The van der Waals surface area contributed by atoms with Gasteiger partial charge in [0.05, 0.1) is 5.69 Å². The highest BCUT2D eigenvalue weighted by Gasteiger charge is 2.15. The van der Waals surface area contributed by atoms with Crippen molar-refractivity contribution in [1.82, 2.24) is 15.6 Å². The molecule has 1 aliphatic rings. The topological polar surface area (TPSA) is 52.6 Å². The van der Waals surface area contributed by atoms with E-state index in [1.54, 1.807) is 22.7 Å². The van der Waals surface area contributed by atoms with Crippen LogP contribution in [0.2, 0.25) is 0 Å². The van der Waals surface area contributed by atoms with Gasteiger partial charge in [0.15, 0.2) is 11.1 Å². The van der Waals surface area contributed by atoms with Crippen molar-refractivity contribution in [2.24, 2.45) is 4.99 Å². The van der Waals surface area contributed by atoms with Crippen LogP contribution in [-0.2, 0) is 12.8 Å². The number of guanidine groups is 1. The monoisotopic (exact) mass is 377 g/mol. The summed E-state index contributed by atoms with van der Waals surface area (Å²) in [4.78, 5) is 13.2. The number of hydrogen-bond donors (Lipinski definition) is 2. The summed E-state index contributed by atoms with van der Waals surface area (Å²) in [6.07, 6.45) is 4.52. The highest BCUT2D eigenvalue weighted by atomic mass is 32.1. The SMILES string of the molecule is CCNC(=NCCc1cccs1)NCCc1csc(N2CCCC2)n1. The average Bonchev–Trinajstić information content (AvgIpc) is 3.37. The van der Waals surface area contributed by atoms with E-state index in [1.165, 1.54) is 28.5 Å². The standard InChI is InChI=1S/C18H27N5S2/c1-2-19-17(21-10-8-16-6-5-13-24-16)20-9-7-15-14-25-18(22-15)23-11-3-4-12-23/h5-6,13-14H,2-4,7-12H2,1H3,(H2,19,20,21). The molecular weight excluding hydrogens is 350 g/mol. The third kappa shape index (κ3) is 5.71. The Morgan fingerprint density at radius 2 is 2.12 bits per heavy atom. The number of anilines is 1. The van der Waals surface area contributed by atoms with Crippen LogP contribution in [-0.4, -0.2) is 43.7 Å². The second kappa shape index (κ2) is 9.77. The van der Waals surface area contributed by atoms with E-state index in [2.05, 4.69) is 50.3 Å². The molecule has 0 aliphatic carbocycles. The van der Waals surface area contributed by atoms with Gasteiger partial charge in [0, 0.05) is 55.8 Å². The van der Waals surface area contributed by atoms with E-state index < -0.39 is 0 Å². The zero-order valence-electron chi connectivity index (χ0n) is 14.8. The number of aliphatic imine (C=N–C) groups is 1. The molecule has 0 saturated carbocycles. The molecule has 1 saturated heterocycles. The summed E-state index contributed by atoms with van der Waals surface area (Å²) < 4.78 is 0. The van der Waals surface area contributed by atoms with Gasteiger partial charge in [-0.25, -0.2) is 4.98 Å². The first kappa shape index (κ1) is 18.2. The fourth-order valence-corrected chi connectivity index (χ4v) is 4.46. The molecule has 0 bridgehead atoms. The Labute approximate surface area is 158 Å². The van der Waals surface area contributed by atoms with Gasteiger partial charge in [-0.3, -0.25) is 4.99 Å². The summed E-state index contributed by atoms with van der Waals surface area (Å²) in [5, 5.41) is 12.2. The van der Waals surface area contributed by atoms with Crippen molar-refractivity contribution >= 4 is 33.8 Å². The lowest BCUT2D eigenvalue weighted by molar-refractivity contribution is 0.788. The van der Waals surface area contributed by atoms with E-state index in [-0.39, 0.29) is 0 Å². The number of nitrogens with zero attached hydrogens (tertiary/aromatic N) is 3. The summed E-state index contributed by atoms with van der Waals surface area (Å²) in [7, 11) is 0. The second-order valence-corrected chi connectivity index (χ2v) is 7.95. The normalized spacial score (nSPS) is 14.9. The largest absolute Gasteiger partial charge is 0.357 e. The van der Waals surface area contributed by atoms with Crippen LogP contribution < -0.4 is 15.5 Å². The van der Waals surface area contributed by atoms with Crippen molar-refractivity contribution in [3.05, 3.63) is 33.5 Å². The van der Waals surface area contributed by atoms with Crippen molar-refractivity contribution < 1.29 is 0 Å². The van der Waals surface area contributed by atoms with E-state index in [1.807, 2.05) is 0 Å². The lowest BCUT2D eigenvalue weighted by atomic mass is 10.3. The van der Waals surface area contributed by atoms with Gasteiger partial charge in [-0.15, -0.1) is 22.7 Å². The number of rotatable bonds is 8. The minimum atomic E-state index is 0.811. The molecule has 0 amide bonds. The van der Waals surface area contributed by atoms with E-state index in [9.17, 15) is 0 Å². The summed E-state index contributed by atoms with van der Waals surface area (Å²) in [5.41, 5.74) is 1.17. The second-order valence-electron chi connectivity index (χ2n) is 6.08. The first-order valence-corrected chi connectivity index (χ1v) is 10.8. The molecule has 0 aromatic carbocycles. The minimum absolute atomic E-state index is 0.811. The van der Waals surface area contributed by atoms with Crippen LogP contribution in [0, 0.1) is 0 Å². The van der Waals surface area contributed by atoms with E-state index in [4.69, 9.17) is 4.98 Å². The van der Waals surface area contributed by atoms with Crippen molar-refractivity contribution in [1.29, 1.82) is 0 Å². The Morgan fingerprint density at radius 1 is 1.24 bits per heavy atom. The van der Waals surface area contributed by atoms with Crippen LogP contribution in [0.25, 0.3) is 0 Å². The van der Waals surface area contributed by atoms with Gasteiger partial charge >= 0.3 is 0 Å². The molecule has 25 heavy (non-hydrogen) atoms. The minimum Gasteiger partial charge on any atom is -0.357 e. The molecule has 0 atom stereocenters. The summed E-state index contributed by atoms with van der Waals surface area (Å²) in [5.74, 6) is 0.897. The molecule has 2 N–H and O–H groups in total. The summed E-state index contributed by atoms with van der Waals surface area (Å²) in [6.45, 7) is 6.96. The Morgan fingerprint density at radius 3 is 2.88 bits per heavy atom. The fourth-order valence-electron chi connectivity index (χ4n) is 2.85. The molecular formula is C18H27N5S2. The highest BCUT2D eigenvalue weighted by molar-refractivity contribution is 7.13. The fraction of sp³-hybridized carbons (Fsp3) is 0.556. The predicted octanol–water partition coefficient (Wildman–Crippen LogP) is 3.15. The zero-order valence-corrected chi connectivity index (χ0v) is 16.5. The summed E-state index contributed by atoms with van der Waals surface area (Å²) in [6, 6.07) is 4.26. The number of thiazole rings is 1. The van der Waals surface area contributed by atoms with Gasteiger partial charge < -0.3 is 15.5 Å². The Hall–Kier alpha value is -1.60. The van der Waals surface area contributed by atoms with Gasteiger partial charge in [0.25, 0.3) is 0 Å². The van der Waals surface area contributed by atoms with Gasteiger partial charge in [0.1, 0.15) is 0 Å². The number of nitrogens with one attached hydrogen (secondary N) is 2. The van der Waals surface area contributed by atoms with Gasteiger partial charge in [-0.1, -0.05) is 6.07 Å². The van der Waals surface area contributed by atoms with Crippen LogP contribution in [0.4, 0.5) is 5.13 Å². The quantitative estimate of drug-likeness (QED) is 0.548. The lowest BCUT2D eigenvalue weighted by Crippen LogP contribution is -2.38. The maximum atomic E-state index is 4.78. The first-order valence-electron chi connectivity index (χ1n) is 9.09. The van der Waals surface area contributed by atoms with Crippen molar-refractivity contribution in [2.75, 3.05) is 37.6 Å². The molecule has 3 rings (SSSR count). The Bertz CT molecular complexity index is 644. The van der Waals surface area contributed by atoms with Gasteiger partial charge in [-0.2, -0.15) is 0 Å². The summed E-state index contributed by atoms with van der Waals surface area (Å²) >= 11 is 3.57. The third-order valence-corrected chi connectivity index (χ3v) is 6.03. The van der Waals surface area contributed by atoms with Crippen LogP contribution in [0.1, 0.15) is 30.3 Å². The molecule has 7 heteroatoms. The van der Waals surface area contributed by atoms with Gasteiger partial charge in [0.2, 0.25) is 0 Å². The average molecular weight is 378 g/mol. The molecule has 5 nitrogen and oxygen atoms in total. The molecule has 3 heterocycles. The number of aromatic nitrogens is 1. The third-order valence-electron chi connectivity index (χ3n) is 4.14. The molecule has 1 aliphatic heterocycles. The molecule has 0 unspecified atom stereocenters. The Balaban J connectivity index is 1.43. The molecule has 1 fully saturated rings. The lowest BCUT2D eigenvalue weighted by Gasteiger charge is -2.12. The van der Waals surface area contributed by atoms with Crippen molar-refractivity contribution in [2.45, 2.75) is 32.6 Å². The number of thiophene rings is 1. The van der Waals surface area contributed by atoms with Crippen LogP contribution in [0.15, 0.2) is 27.9 Å². The maximum absolute atomic E-state index is 4.78. The molecule has 0 radical (unpaired) electrons. The highest BCUT2D eigenvalue weighted by Crippen LogP contribution is 2.24. The maximum Gasteiger partial charge on any atom is 0.191 e. The number of hydrogen-bond acceptors (Lipinski definition) is 5. The molecule has 136 valence electrons. The molecule has 0 spiro atoms. The van der Waals surface area contributed by atoms with Crippen LogP contribution >= 0.6 is 22.7 Å². The predicted molar refractivity (Wildman–Crippen MR) is 109 cm³/mol. The molecule has 2 aromatic rings.